The second kappa shape index (κ2) is 8.29. The van der Waals surface area contributed by atoms with Crippen molar-refractivity contribution in [1.82, 2.24) is 4.57 Å². The van der Waals surface area contributed by atoms with Gasteiger partial charge in [-0.2, -0.15) is 13.2 Å². The highest BCUT2D eigenvalue weighted by Gasteiger charge is 2.29. The first-order valence-electron chi connectivity index (χ1n) is 8.78. The molecule has 0 unspecified atom stereocenters. The lowest BCUT2D eigenvalue weighted by atomic mass is 10.2. The normalized spacial score (nSPS) is 11.1. The highest BCUT2D eigenvalue weighted by Crippen LogP contribution is 2.29. The first-order valence-corrected chi connectivity index (χ1v) is 8.78. The minimum Gasteiger partial charge on any atom is -0.495 e. The van der Waals surface area contributed by atoms with E-state index in [-0.39, 0.29) is 17.8 Å². The third-order valence-electron chi connectivity index (χ3n) is 4.35. The smallest absolute Gasteiger partial charge is 0.406 e. The third kappa shape index (κ3) is 4.60. The summed E-state index contributed by atoms with van der Waals surface area (Å²) in [6.07, 6.45) is -4.41. The number of hydrogen-bond acceptors (Lipinski definition) is 4. The summed E-state index contributed by atoms with van der Waals surface area (Å²) in [7, 11) is 1.40. The number of nitrogens with one attached hydrogen (secondary N) is 1. The largest absolute Gasteiger partial charge is 0.495 e. The third-order valence-corrected chi connectivity index (χ3v) is 4.35. The minimum absolute atomic E-state index is 0.0674. The molecule has 156 valence electrons. The number of nitrogens with zero attached hydrogens (tertiary/aromatic N) is 1. The topological polar surface area (TPSA) is 89.5 Å². The number of carboxylic acids is 1. The Kier molecular flexibility index (Phi) is 5.78. The Hall–Kier alpha value is -3.80. The molecule has 9 heteroatoms. The molecule has 0 saturated heterocycles. The number of fused-ring (bicyclic) bond motifs is 1. The number of anilines is 2. The molecule has 1 aromatic heterocycles. The summed E-state index contributed by atoms with van der Waals surface area (Å²) in [4.78, 5) is 11.0. The molecule has 1 heterocycles. The maximum absolute atomic E-state index is 13.0. The van der Waals surface area contributed by atoms with Crippen LogP contribution in [0.15, 0.2) is 42.5 Å². The summed E-state index contributed by atoms with van der Waals surface area (Å²) in [5.74, 6) is 4.76. The van der Waals surface area contributed by atoms with Crippen LogP contribution in [0.1, 0.15) is 16.1 Å². The Morgan fingerprint density at radius 1 is 1.27 bits per heavy atom. The van der Waals surface area contributed by atoms with Gasteiger partial charge in [0.05, 0.1) is 36.1 Å². The summed E-state index contributed by atoms with van der Waals surface area (Å²) in [5.41, 5.74) is 7.39. The molecule has 0 bridgehead atoms. The Bertz CT molecular complexity index is 1160. The number of halogens is 3. The van der Waals surface area contributed by atoms with E-state index < -0.39 is 18.7 Å². The van der Waals surface area contributed by atoms with Gasteiger partial charge in [-0.25, -0.2) is 4.79 Å². The van der Waals surface area contributed by atoms with Crippen molar-refractivity contribution in [3.05, 3.63) is 53.7 Å². The van der Waals surface area contributed by atoms with E-state index in [9.17, 15) is 18.0 Å². The van der Waals surface area contributed by atoms with E-state index >= 15 is 0 Å². The quantitative estimate of drug-likeness (QED) is 0.432. The summed E-state index contributed by atoms with van der Waals surface area (Å²) < 4.78 is 45.4. The number of aromatic carboxylic acids is 1. The maximum atomic E-state index is 13.0. The number of aromatic nitrogens is 1. The molecule has 0 radical (unpaired) electrons. The molecule has 3 rings (SSSR count). The molecular weight excluding hydrogens is 399 g/mol. The van der Waals surface area contributed by atoms with Crippen LogP contribution in [0.5, 0.6) is 5.75 Å². The van der Waals surface area contributed by atoms with E-state index in [4.69, 9.17) is 15.6 Å². The number of nitrogens with two attached hydrogens (primary N) is 1. The number of benzene rings is 2. The number of methoxy groups -OCH3 is 1. The van der Waals surface area contributed by atoms with E-state index in [0.29, 0.717) is 28.0 Å². The van der Waals surface area contributed by atoms with Gasteiger partial charge in [-0.15, -0.1) is 0 Å². The highest BCUT2D eigenvalue weighted by atomic mass is 19.4. The van der Waals surface area contributed by atoms with Gasteiger partial charge in [-0.05, 0) is 42.3 Å². The number of ether oxygens (including phenoxy) is 1. The lowest BCUT2D eigenvalue weighted by molar-refractivity contribution is -0.140. The van der Waals surface area contributed by atoms with Crippen LogP contribution in [0.25, 0.3) is 10.9 Å². The fraction of sp³-hybridized carbons (Fsp3) is 0.190. The maximum Gasteiger partial charge on any atom is 0.406 e. The van der Waals surface area contributed by atoms with Crippen molar-refractivity contribution in [3.8, 4) is 17.6 Å². The zero-order valence-corrected chi connectivity index (χ0v) is 15.9. The fourth-order valence-electron chi connectivity index (χ4n) is 3.01. The van der Waals surface area contributed by atoms with Crippen molar-refractivity contribution in [2.24, 2.45) is 0 Å². The summed E-state index contributed by atoms with van der Waals surface area (Å²) in [6, 6.07) is 10.6. The number of hydrogen-bond donors (Lipinski definition) is 3. The van der Waals surface area contributed by atoms with Crippen molar-refractivity contribution < 1.29 is 27.8 Å². The van der Waals surface area contributed by atoms with Gasteiger partial charge in [0, 0.05) is 11.1 Å². The van der Waals surface area contributed by atoms with Crippen LogP contribution in [0.4, 0.5) is 24.5 Å². The second-order valence-electron chi connectivity index (χ2n) is 6.39. The Balaban J connectivity index is 1.85. The Morgan fingerprint density at radius 3 is 2.70 bits per heavy atom. The zero-order valence-electron chi connectivity index (χ0n) is 15.9. The molecule has 6 nitrogen and oxygen atoms in total. The average Bonchev–Trinajstić information content (AvgIpc) is 3.02. The molecule has 4 N–H and O–H groups in total. The molecule has 0 atom stereocenters. The summed E-state index contributed by atoms with van der Waals surface area (Å²) in [5, 5.41) is 12.5. The van der Waals surface area contributed by atoms with Crippen LogP contribution in [0.3, 0.4) is 0 Å². The Morgan fingerprint density at radius 2 is 2.03 bits per heavy atom. The minimum atomic E-state index is -4.41. The van der Waals surface area contributed by atoms with Gasteiger partial charge >= 0.3 is 12.1 Å². The van der Waals surface area contributed by atoms with Crippen molar-refractivity contribution in [3.63, 3.8) is 0 Å². The van der Waals surface area contributed by atoms with Gasteiger partial charge in [0.1, 0.15) is 12.3 Å². The van der Waals surface area contributed by atoms with Crippen molar-refractivity contribution in [1.29, 1.82) is 0 Å². The number of nitrogen functional groups attached to an aromatic ring is 1. The summed E-state index contributed by atoms with van der Waals surface area (Å²) in [6.45, 7) is -1.08. The van der Waals surface area contributed by atoms with Crippen molar-refractivity contribution >= 4 is 28.2 Å². The van der Waals surface area contributed by atoms with E-state index in [1.807, 2.05) is 0 Å². The Labute approximate surface area is 170 Å². The average molecular weight is 417 g/mol. The number of rotatable bonds is 5. The van der Waals surface area contributed by atoms with Crippen LogP contribution in [-0.2, 0) is 6.54 Å². The van der Waals surface area contributed by atoms with Gasteiger partial charge in [0.15, 0.2) is 0 Å². The number of carboxylic acid groups (broad SMARTS) is 1. The van der Waals surface area contributed by atoms with Crippen molar-refractivity contribution in [2.45, 2.75) is 12.7 Å². The molecular formula is C21H18F3N3O3. The van der Waals surface area contributed by atoms with E-state index in [0.717, 1.165) is 4.57 Å². The monoisotopic (exact) mass is 417 g/mol. The predicted molar refractivity (Wildman–Crippen MR) is 108 cm³/mol. The first-order chi connectivity index (χ1) is 14.2. The molecule has 3 aromatic rings. The molecule has 0 saturated carbocycles. The van der Waals surface area contributed by atoms with Gasteiger partial charge < -0.3 is 25.5 Å². The van der Waals surface area contributed by atoms with Crippen LogP contribution in [0, 0.1) is 11.8 Å². The van der Waals surface area contributed by atoms with Crippen LogP contribution in [-0.4, -0.2) is 35.5 Å². The molecule has 0 amide bonds. The molecule has 0 aliphatic heterocycles. The highest BCUT2D eigenvalue weighted by molar-refractivity contribution is 5.93. The van der Waals surface area contributed by atoms with Gasteiger partial charge in [-0.3, -0.25) is 0 Å². The van der Waals surface area contributed by atoms with Crippen molar-refractivity contribution in [2.75, 3.05) is 24.7 Å². The van der Waals surface area contributed by atoms with Gasteiger partial charge in [0.2, 0.25) is 0 Å². The second-order valence-corrected chi connectivity index (χ2v) is 6.39. The molecule has 0 spiro atoms. The number of carbonyl (C=O) groups is 1. The van der Waals surface area contributed by atoms with E-state index in [1.54, 1.807) is 18.2 Å². The summed E-state index contributed by atoms with van der Waals surface area (Å²) >= 11 is 0. The molecule has 0 fully saturated rings. The van der Waals surface area contributed by atoms with Crippen LogP contribution < -0.4 is 15.8 Å². The van der Waals surface area contributed by atoms with Gasteiger partial charge in [0.25, 0.3) is 0 Å². The standard InChI is InChI=1S/C21H18F3N3O3/c1-30-19-10-13(20(28)29)7-8-17(19)26-9-3-4-14-11-15-16(25)5-2-6-18(15)27(14)12-21(22,23)24/h2,5-8,10-11,26H,9,12,25H2,1H3,(H,28,29). The lowest BCUT2D eigenvalue weighted by Gasteiger charge is -2.11. The van der Waals surface area contributed by atoms with Crippen LogP contribution >= 0.6 is 0 Å². The molecule has 2 aromatic carbocycles. The zero-order chi connectivity index (χ0) is 21.9. The van der Waals surface area contributed by atoms with E-state index in [2.05, 4.69) is 17.2 Å². The molecule has 0 aliphatic carbocycles. The lowest BCUT2D eigenvalue weighted by Crippen LogP contribution is -2.18. The molecule has 30 heavy (non-hydrogen) atoms. The fourth-order valence-corrected chi connectivity index (χ4v) is 3.01. The van der Waals surface area contributed by atoms with E-state index in [1.165, 1.54) is 31.4 Å². The molecule has 0 aliphatic rings. The van der Waals surface area contributed by atoms with Gasteiger partial charge in [-0.1, -0.05) is 12.0 Å². The first kappa shape index (κ1) is 20.9. The number of alkyl halides is 3. The predicted octanol–water partition coefficient (Wildman–Crippen LogP) is 3.96. The van der Waals surface area contributed by atoms with Crippen LogP contribution in [0.2, 0.25) is 0 Å². The SMILES string of the molecule is COc1cc(C(=O)O)ccc1NCC#Cc1cc2c(N)cccc2n1CC(F)(F)F.